The Hall–Kier alpha value is -2.43. The second kappa shape index (κ2) is 5.89. The third-order valence-electron chi connectivity index (χ3n) is 3.95. The molecule has 1 aromatic carbocycles. The van der Waals surface area contributed by atoms with Crippen LogP contribution in [0, 0.1) is 11.3 Å². The molecule has 2 rings (SSSR count). The molecule has 0 radical (unpaired) electrons. The molecule has 1 saturated heterocycles. The fourth-order valence-corrected chi connectivity index (χ4v) is 2.52. The first-order valence-electron chi connectivity index (χ1n) is 7.50. The lowest BCUT2D eigenvalue weighted by molar-refractivity contribution is -0.976. The van der Waals surface area contributed by atoms with Crippen LogP contribution in [0.4, 0.5) is 0 Å². The van der Waals surface area contributed by atoms with Crippen molar-refractivity contribution in [3.05, 3.63) is 35.4 Å². The van der Waals surface area contributed by atoms with Crippen LogP contribution in [-0.4, -0.2) is 42.1 Å². The van der Waals surface area contributed by atoms with E-state index in [4.69, 9.17) is 14.8 Å². The Labute approximate surface area is 141 Å². The highest BCUT2D eigenvalue weighted by Crippen LogP contribution is 2.46. The number of carbonyl (C=O) groups is 1. The van der Waals surface area contributed by atoms with Crippen LogP contribution in [0.3, 0.4) is 0 Å². The molecule has 0 aromatic heterocycles. The van der Waals surface area contributed by atoms with Crippen molar-refractivity contribution in [1.29, 1.82) is 5.26 Å². The smallest absolute Gasteiger partial charge is 0.437 e. The topological polar surface area (TPSA) is 94.7 Å². The number of quaternary nitrogens is 1. The van der Waals surface area contributed by atoms with Crippen LogP contribution >= 0.6 is 0 Å². The normalized spacial score (nSPS) is 26.8. The van der Waals surface area contributed by atoms with Crippen molar-refractivity contribution in [2.75, 3.05) is 14.2 Å². The molecule has 2 atom stereocenters. The molecule has 128 valence electrons. The molecule has 24 heavy (non-hydrogen) atoms. The monoisotopic (exact) mass is 331 g/mol. The molecule has 7 heteroatoms. The maximum absolute atomic E-state index is 12.4. The third-order valence-corrected chi connectivity index (χ3v) is 3.95. The van der Waals surface area contributed by atoms with E-state index in [-0.39, 0.29) is 12.3 Å². The number of hydroxylamine groups is 3. The average Bonchev–Trinajstić information content (AvgIpc) is 2.94. The minimum Gasteiger partial charge on any atom is -0.594 e. The van der Waals surface area contributed by atoms with Crippen molar-refractivity contribution in [3.63, 3.8) is 0 Å². The lowest BCUT2D eigenvalue weighted by Gasteiger charge is -2.29. The Morgan fingerprint density at radius 1 is 1.38 bits per heavy atom. The summed E-state index contributed by atoms with van der Waals surface area (Å²) in [6.07, 6.45) is -0.621. The molecule has 0 spiro atoms. The minimum atomic E-state index is -1.36. The van der Waals surface area contributed by atoms with Gasteiger partial charge in [0.1, 0.15) is 7.05 Å². The van der Waals surface area contributed by atoms with Crippen LogP contribution in [0.1, 0.15) is 31.9 Å². The van der Waals surface area contributed by atoms with Gasteiger partial charge >= 0.3 is 11.6 Å². The molecule has 1 aliphatic heterocycles. The molecule has 1 fully saturated rings. The van der Waals surface area contributed by atoms with Crippen molar-refractivity contribution in [2.45, 2.75) is 38.5 Å². The number of likely N-dealkylation sites (N-methyl/N-ethyl adjacent to an activating group) is 1. The Kier molecular flexibility index (Phi) is 4.40. The van der Waals surface area contributed by atoms with Gasteiger partial charge in [0.05, 0.1) is 25.2 Å². The third kappa shape index (κ3) is 3.11. The van der Waals surface area contributed by atoms with Gasteiger partial charge in [-0.15, -0.1) is 0 Å². The van der Waals surface area contributed by atoms with Gasteiger partial charge in [-0.3, -0.25) is 0 Å². The summed E-state index contributed by atoms with van der Waals surface area (Å²) in [4.78, 5) is 21.7. The summed E-state index contributed by atoms with van der Waals surface area (Å²) >= 11 is 0. The van der Waals surface area contributed by atoms with Gasteiger partial charge in [-0.25, -0.2) is 4.79 Å². The minimum absolute atomic E-state index is 0.182. The fourth-order valence-electron chi connectivity index (χ4n) is 2.52. The van der Waals surface area contributed by atoms with Gasteiger partial charge in [0.2, 0.25) is 0 Å². The first-order chi connectivity index (χ1) is 11.1. The van der Waals surface area contributed by atoms with E-state index >= 15 is 0 Å². The number of carbonyl (C=O) groups excluding carboxylic acids is 1. The van der Waals surface area contributed by atoms with Crippen LogP contribution in [0.5, 0.6) is 0 Å². The summed E-state index contributed by atoms with van der Waals surface area (Å²) < 4.78 is 4.78. The zero-order valence-electron chi connectivity index (χ0n) is 14.5. The second-order valence-electron chi connectivity index (χ2n) is 6.81. The van der Waals surface area contributed by atoms with Gasteiger partial charge in [0.25, 0.3) is 0 Å². The average molecular weight is 331 g/mol. The van der Waals surface area contributed by atoms with E-state index in [1.807, 2.05) is 6.07 Å². The van der Waals surface area contributed by atoms with Crippen LogP contribution in [0.25, 0.3) is 0 Å². The van der Waals surface area contributed by atoms with Crippen molar-refractivity contribution >= 4 is 12.0 Å². The summed E-state index contributed by atoms with van der Waals surface area (Å²) in [6.45, 7) is 5.19. The molecule has 1 aliphatic rings. The van der Waals surface area contributed by atoms with E-state index in [9.17, 15) is 9.90 Å². The van der Waals surface area contributed by atoms with Gasteiger partial charge in [0.15, 0.2) is 6.08 Å². The highest BCUT2D eigenvalue weighted by atomic mass is 16.7. The Bertz CT molecular complexity index is 715. The SMILES string of the molecule is CO[N+]1(C)C(=O)C1(Cc1ccc(C#N)cc1)/N=C(\[O-])OC(C)(C)C. The maximum Gasteiger partial charge on any atom is 0.437 e. The van der Waals surface area contributed by atoms with Crippen LogP contribution in [-0.2, 0) is 20.8 Å². The quantitative estimate of drug-likeness (QED) is 0.353. The zero-order chi connectivity index (χ0) is 18.2. The summed E-state index contributed by atoms with van der Waals surface area (Å²) in [5.74, 6) is -0.319. The molecule has 0 saturated carbocycles. The number of aliphatic imine (C=N–C) groups is 1. The van der Waals surface area contributed by atoms with Gasteiger partial charge in [-0.2, -0.15) is 15.1 Å². The second-order valence-corrected chi connectivity index (χ2v) is 6.81. The van der Waals surface area contributed by atoms with Gasteiger partial charge in [-0.1, -0.05) is 37.6 Å². The van der Waals surface area contributed by atoms with E-state index in [0.29, 0.717) is 5.56 Å². The highest BCUT2D eigenvalue weighted by Gasteiger charge is 2.83. The zero-order valence-corrected chi connectivity index (χ0v) is 14.5. The largest absolute Gasteiger partial charge is 0.594 e. The predicted octanol–water partition coefficient (Wildman–Crippen LogP) is 0.877. The van der Waals surface area contributed by atoms with Gasteiger partial charge < -0.3 is 9.84 Å². The van der Waals surface area contributed by atoms with Gasteiger partial charge in [-0.05, 0) is 17.7 Å². The van der Waals surface area contributed by atoms with E-state index in [1.165, 1.54) is 7.11 Å². The molecule has 1 heterocycles. The molecule has 7 nitrogen and oxygen atoms in total. The molecule has 1 amide bonds. The molecule has 0 bridgehead atoms. The summed E-state index contributed by atoms with van der Waals surface area (Å²) in [5.41, 5.74) is -0.771. The summed E-state index contributed by atoms with van der Waals surface area (Å²) in [5, 5.41) is 21.0. The lowest BCUT2D eigenvalue weighted by Crippen LogP contribution is -2.38. The first-order valence-corrected chi connectivity index (χ1v) is 7.50. The number of benzene rings is 1. The van der Waals surface area contributed by atoms with E-state index in [2.05, 4.69) is 4.99 Å². The predicted molar refractivity (Wildman–Crippen MR) is 84.1 cm³/mol. The Morgan fingerprint density at radius 2 is 1.96 bits per heavy atom. The van der Waals surface area contributed by atoms with Crippen LogP contribution in [0.2, 0.25) is 0 Å². The highest BCUT2D eigenvalue weighted by molar-refractivity contribution is 5.92. The van der Waals surface area contributed by atoms with E-state index in [0.717, 1.165) is 5.56 Å². The number of hydrogen-bond donors (Lipinski definition) is 0. The molecule has 1 aromatic rings. The number of rotatable bonds is 4. The van der Waals surface area contributed by atoms with Crippen molar-refractivity contribution in [1.82, 2.24) is 0 Å². The number of ether oxygens (including phenoxy) is 1. The molecular weight excluding hydrogens is 310 g/mol. The molecule has 0 N–H and O–H groups in total. The Morgan fingerprint density at radius 3 is 2.38 bits per heavy atom. The molecule has 0 aliphatic carbocycles. The van der Waals surface area contributed by atoms with Crippen LogP contribution < -0.4 is 5.11 Å². The number of hydrogen-bond acceptors (Lipinski definition) is 6. The van der Waals surface area contributed by atoms with E-state index < -0.39 is 22.0 Å². The fraction of sp³-hybridized carbons (Fsp3) is 0.471. The molecule has 2 unspecified atom stereocenters. The number of amides is 1. The van der Waals surface area contributed by atoms with Crippen molar-refractivity contribution in [3.8, 4) is 6.07 Å². The summed E-state index contributed by atoms with van der Waals surface area (Å²) in [7, 11) is 2.95. The Balaban J connectivity index is 2.34. The van der Waals surface area contributed by atoms with Crippen molar-refractivity contribution < 1.29 is 24.1 Å². The van der Waals surface area contributed by atoms with Crippen LogP contribution in [0.15, 0.2) is 29.3 Å². The molecular formula is C17H21N3O4. The van der Waals surface area contributed by atoms with E-state index in [1.54, 1.807) is 52.1 Å². The first kappa shape index (κ1) is 17.9. The summed E-state index contributed by atoms with van der Waals surface area (Å²) in [6, 6.07) is 8.81. The standard InChI is InChI=1S/C17H21N3O4/c1-16(2,3)24-15(22)19-17(14(21)20(17,4)23-5)10-12-6-8-13(11-18)9-7-12/h6-9H,10H2,1-5H3. The number of nitrogens with zero attached hydrogens (tertiary/aromatic N) is 3. The lowest BCUT2D eigenvalue weighted by atomic mass is 10.0. The number of nitriles is 1. The maximum atomic E-state index is 12.4. The van der Waals surface area contributed by atoms with Crippen molar-refractivity contribution in [2.24, 2.45) is 4.99 Å². The van der Waals surface area contributed by atoms with Gasteiger partial charge in [0, 0.05) is 5.60 Å².